The number of halogens is 1. The Kier molecular flexibility index (Phi) is 4.01. The highest BCUT2D eigenvalue weighted by molar-refractivity contribution is 9.10. The van der Waals surface area contributed by atoms with Crippen LogP contribution in [0.4, 0.5) is 11.4 Å². The van der Waals surface area contributed by atoms with Crippen LogP contribution in [0.3, 0.4) is 0 Å². The van der Waals surface area contributed by atoms with Crippen molar-refractivity contribution >= 4 is 37.3 Å². The van der Waals surface area contributed by atoms with E-state index in [1.165, 1.54) is 12.1 Å². The molecule has 0 atom stereocenters. The largest absolute Gasteiger partial charge is 0.281 e. The maximum Gasteiger partial charge on any atom is 0.271 e. The van der Waals surface area contributed by atoms with Gasteiger partial charge in [-0.25, -0.2) is 8.42 Å². The number of sulfonamides is 1. The van der Waals surface area contributed by atoms with Crippen LogP contribution in [0.2, 0.25) is 0 Å². The van der Waals surface area contributed by atoms with E-state index < -0.39 is 14.9 Å². The Labute approximate surface area is 128 Å². The molecule has 10 heteroatoms. The van der Waals surface area contributed by atoms with Gasteiger partial charge in [-0.1, -0.05) is 0 Å². The van der Waals surface area contributed by atoms with Crippen LogP contribution in [0.5, 0.6) is 0 Å². The van der Waals surface area contributed by atoms with Crippen molar-refractivity contribution in [2.24, 2.45) is 0 Å². The van der Waals surface area contributed by atoms with Crippen molar-refractivity contribution in [2.45, 2.75) is 18.7 Å². The molecule has 1 aromatic heterocycles. The van der Waals surface area contributed by atoms with Gasteiger partial charge in [-0.3, -0.25) is 19.9 Å². The molecule has 8 nitrogen and oxygen atoms in total. The van der Waals surface area contributed by atoms with Gasteiger partial charge >= 0.3 is 0 Å². The average molecular weight is 375 g/mol. The van der Waals surface area contributed by atoms with E-state index in [4.69, 9.17) is 0 Å². The van der Waals surface area contributed by atoms with Gasteiger partial charge in [-0.2, -0.15) is 5.10 Å². The molecule has 0 fully saturated rings. The molecule has 0 radical (unpaired) electrons. The summed E-state index contributed by atoms with van der Waals surface area (Å²) in [5.41, 5.74) is 0.587. The van der Waals surface area contributed by atoms with Crippen molar-refractivity contribution in [3.05, 3.63) is 44.2 Å². The summed E-state index contributed by atoms with van der Waals surface area (Å²) in [5.74, 6) is 0. The van der Waals surface area contributed by atoms with Crippen molar-refractivity contribution in [1.29, 1.82) is 0 Å². The SMILES string of the molecule is Cc1n[nH]c(C)c1S(=O)(=O)Nc1cc([N+](=O)[O-])ccc1Br. The third kappa shape index (κ3) is 3.05. The van der Waals surface area contributed by atoms with Crippen molar-refractivity contribution in [3.63, 3.8) is 0 Å². The highest BCUT2D eigenvalue weighted by Gasteiger charge is 2.24. The molecule has 0 unspecified atom stereocenters. The first-order valence-electron chi connectivity index (χ1n) is 5.70. The first-order valence-corrected chi connectivity index (χ1v) is 7.98. The molecule has 0 aliphatic heterocycles. The average Bonchev–Trinajstić information content (AvgIpc) is 2.71. The van der Waals surface area contributed by atoms with Crippen LogP contribution in [0.1, 0.15) is 11.4 Å². The van der Waals surface area contributed by atoms with Crippen LogP contribution in [0.15, 0.2) is 27.6 Å². The Hall–Kier alpha value is -1.94. The van der Waals surface area contributed by atoms with Gasteiger partial charge in [0.2, 0.25) is 0 Å². The lowest BCUT2D eigenvalue weighted by molar-refractivity contribution is -0.384. The third-order valence-electron chi connectivity index (χ3n) is 2.73. The highest BCUT2D eigenvalue weighted by atomic mass is 79.9. The fraction of sp³-hybridized carbons (Fsp3) is 0.182. The van der Waals surface area contributed by atoms with E-state index in [1.54, 1.807) is 13.8 Å². The molecular weight excluding hydrogens is 364 g/mol. The molecule has 0 bridgehead atoms. The molecule has 2 N–H and O–H groups in total. The zero-order chi connectivity index (χ0) is 15.8. The second-order valence-electron chi connectivity index (χ2n) is 4.29. The number of rotatable bonds is 4. The number of non-ortho nitro benzene ring substituents is 1. The number of nitrogens with zero attached hydrogens (tertiary/aromatic N) is 2. The summed E-state index contributed by atoms with van der Waals surface area (Å²) >= 11 is 3.16. The Balaban J connectivity index is 2.46. The van der Waals surface area contributed by atoms with Gasteiger partial charge in [0.25, 0.3) is 15.7 Å². The topological polar surface area (TPSA) is 118 Å². The van der Waals surface area contributed by atoms with Crippen LogP contribution in [0, 0.1) is 24.0 Å². The van der Waals surface area contributed by atoms with Crippen molar-refractivity contribution in [2.75, 3.05) is 4.72 Å². The Bertz CT molecular complexity index is 796. The molecule has 0 aliphatic carbocycles. The summed E-state index contributed by atoms with van der Waals surface area (Å²) in [6.07, 6.45) is 0. The molecular formula is C11H11BrN4O4S. The molecule has 112 valence electrons. The molecule has 0 spiro atoms. The van der Waals surface area contributed by atoms with Crippen LogP contribution < -0.4 is 4.72 Å². The number of aromatic nitrogens is 2. The van der Waals surface area contributed by atoms with Gasteiger partial charge in [0, 0.05) is 16.6 Å². The van der Waals surface area contributed by atoms with Gasteiger partial charge in [0.05, 0.1) is 22.0 Å². The molecule has 1 aromatic carbocycles. The van der Waals surface area contributed by atoms with Crippen LogP contribution >= 0.6 is 15.9 Å². The lowest BCUT2D eigenvalue weighted by Gasteiger charge is -2.09. The second kappa shape index (κ2) is 5.45. The summed E-state index contributed by atoms with van der Waals surface area (Å²) < 4.78 is 27.5. The normalized spacial score (nSPS) is 11.4. The molecule has 0 aliphatic rings. The van der Waals surface area contributed by atoms with Crippen molar-refractivity contribution in [1.82, 2.24) is 10.2 Å². The van der Waals surface area contributed by atoms with E-state index in [-0.39, 0.29) is 16.3 Å². The zero-order valence-corrected chi connectivity index (χ0v) is 13.4. The Morgan fingerprint density at radius 3 is 2.57 bits per heavy atom. The fourth-order valence-electron chi connectivity index (χ4n) is 1.84. The number of benzene rings is 1. The number of hydrogen-bond donors (Lipinski definition) is 2. The number of nitro benzene ring substituents is 1. The number of nitro groups is 1. The van der Waals surface area contributed by atoms with E-state index in [0.29, 0.717) is 15.9 Å². The molecule has 2 rings (SSSR count). The number of nitrogens with one attached hydrogen (secondary N) is 2. The van der Waals surface area contributed by atoms with Crippen molar-refractivity contribution < 1.29 is 13.3 Å². The number of hydrogen-bond acceptors (Lipinski definition) is 5. The number of anilines is 1. The summed E-state index contributed by atoms with van der Waals surface area (Å²) in [5, 5.41) is 17.2. The minimum absolute atomic E-state index is 0.0286. The third-order valence-corrected chi connectivity index (χ3v) is 5.05. The molecule has 21 heavy (non-hydrogen) atoms. The van der Waals surface area contributed by atoms with Crippen LogP contribution in [-0.2, 0) is 10.0 Å². The highest BCUT2D eigenvalue weighted by Crippen LogP contribution is 2.30. The predicted molar refractivity (Wildman–Crippen MR) is 79.7 cm³/mol. The van der Waals surface area contributed by atoms with Crippen molar-refractivity contribution in [3.8, 4) is 0 Å². The number of aromatic amines is 1. The lowest BCUT2D eigenvalue weighted by atomic mass is 10.3. The molecule has 0 saturated heterocycles. The smallest absolute Gasteiger partial charge is 0.271 e. The van der Waals surface area contributed by atoms with Gasteiger partial charge in [-0.15, -0.1) is 0 Å². The Morgan fingerprint density at radius 2 is 2.05 bits per heavy atom. The molecule has 2 aromatic rings. The van der Waals surface area contributed by atoms with E-state index in [2.05, 4.69) is 30.8 Å². The maximum atomic E-state index is 12.4. The summed E-state index contributed by atoms with van der Waals surface area (Å²) in [6.45, 7) is 3.14. The lowest BCUT2D eigenvalue weighted by Crippen LogP contribution is -2.15. The number of aryl methyl sites for hydroxylation is 2. The summed E-state index contributed by atoms with van der Waals surface area (Å²) in [4.78, 5) is 10.2. The Morgan fingerprint density at radius 1 is 1.38 bits per heavy atom. The fourth-order valence-corrected chi connectivity index (χ4v) is 3.76. The molecule has 0 saturated carbocycles. The maximum absolute atomic E-state index is 12.4. The van der Waals surface area contributed by atoms with E-state index in [1.807, 2.05) is 0 Å². The minimum Gasteiger partial charge on any atom is -0.281 e. The zero-order valence-electron chi connectivity index (χ0n) is 11.0. The summed E-state index contributed by atoms with van der Waals surface area (Å²) in [7, 11) is -3.89. The quantitative estimate of drug-likeness (QED) is 0.629. The standard InChI is InChI=1S/C11H11BrN4O4S/c1-6-11(7(2)14-13-6)21(19,20)15-10-5-8(16(17)18)3-4-9(10)12/h3-5,15H,1-2H3,(H,13,14). The van der Waals surface area contributed by atoms with Gasteiger partial charge in [-0.05, 0) is 35.8 Å². The van der Waals surface area contributed by atoms with Gasteiger partial charge in [0.15, 0.2) is 0 Å². The second-order valence-corrected chi connectivity index (χ2v) is 6.76. The van der Waals surface area contributed by atoms with Crippen LogP contribution in [0.25, 0.3) is 0 Å². The molecule has 1 heterocycles. The van der Waals surface area contributed by atoms with Gasteiger partial charge < -0.3 is 0 Å². The molecule has 0 amide bonds. The first kappa shape index (κ1) is 15.4. The number of H-pyrrole nitrogens is 1. The van der Waals surface area contributed by atoms with E-state index in [9.17, 15) is 18.5 Å². The van der Waals surface area contributed by atoms with E-state index in [0.717, 1.165) is 6.07 Å². The predicted octanol–water partition coefficient (Wildman–Crippen LogP) is 2.50. The monoisotopic (exact) mass is 374 g/mol. The first-order chi connectivity index (χ1) is 9.72. The minimum atomic E-state index is -3.89. The summed E-state index contributed by atoms with van der Waals surface area (Å²) in [6, 6.07) is 3.83. The van der Waals surface area contributed by atoms with Gasteiger partial charge in [0.1, 0.15) is 4.90 Å². The van der Waals surface area contributed by atoms with Crippen LogP contribution in [-0.4, -0.2) is 23.5 Å². The van der Waals surface area contributed by atoms with E-state index >= 15 is 0 Å².